The summed E-state index contributed by atoms with van der Waals surface area (Å²) in [5, 5.41) is 3.51. The average molecular weight is 296 g/mol. The maximum absolute atomic E-state index is 3.61. The molecule has 0 bridgehead atoms. The van der Waals surface area contributed by atoms with Crippen LogP contribution in [0.1, 0.15) is 43.0 Å². The molecule has 0 heterocycles. The van der Waals surface area contributed by atoms with Gasteiger partial charge in [-0.3, -0.25) is 0 Å². The summed E-state index contributed by atoms with van der Waals surface area (Å²) in [7, 11) is 2.08. The van der Waals surface area contributed by atoms with Gasteiger partial charge >= 0.3 is 0 Å². The molecule has 2 unspecified atom stereocenters. The maximum Gasteiger partial charge on any atom is 0.0354 e. The van der Waals surface area contributed by atoms with Crippen LogP contribution in [-0.4, -0.2) is 7.05 Å². The predicted molar refractivity (Wildman–Crippen MR) is 77.3 cm³/mol. The Morgan fingerprint density at radius 2 is 1.88 bits per heavy atom. The van der Waals surface area contributed by atoms with Crippen molar-refractivity contribution in [3.63, 3.8) is 0 Å². The predicted octanol–water partition coefficient (Wildman–Crippen LogP) is 4.37. The summed E-state index contributed by atoms with van der Waals surface area (Å²) in [4.78, 5) is 0. The molecular weight excluding hydrogens is 274 g/mol. The van der Waals surface area contributed by atoms with Gasteiger partial charge in [0.2, 0.25) is 0 Å². The first-order valence-electron chi connectivity index (χ1n) is 6.30. The van der Waals surface area contributed by atoms with Crippen molar-refractivity contribution in [3.05, 3.63) is 33.3 Å². The summed E-state index contributed by atoms with van der Waals surface area (Å²) in [5.74, 6) is 0.770. The van der Waals surface area contributed by atoms with E-state index in [1.807, 2.05) is 0 Å². The first kappa shape index (κ1) is 13.1. The fourth-order valence-electron chi connectivity index (χ4n) is 2.79. The zero-order valence-electron chi connectivity index (χ0n) is 11.4. The minimum atomic E-state index is 0.497. The lowest BCUT2D eigenvalue weighted by Crippen LogP contribution is -2.21. The van der Waals surface area contributed by atoms with Gasteiger partial charge in [0.1, 0.15) is 0 Å². The number of halogens is 1. The number of hydrogen-bond donors (Lipinski definition) is 1. The Balaban J connectivity index is 2.35. The lowest BCUT2D eigenvalue weighted by molar-refractivity contribution is 0.439. The van der Waals surface area contributed by atoms with Crippen LogP contribution >= 0.6 is 15.9 Å². The van der Waals surface area contributed by atoms with Crippen LogP contribution in [0.25, 0.3) is 0 Å². The normalized spacial score (nSPS) is 23.5. The van der Waals surface area contributed by atoms with E-state index < -0.39 is 0 Å². The topological polar surface area (TPSA) is 12.0 Å². The molecular formula is C15H22BrN. The fourth-order valence-corrected chi connectivity index (χ4v) is 3.25. The van der Waals surface area contributed by atoms with Gasteiger partial charge in [0.05, 0.1) is 0 Å². The van der Waals surface area contributed by atoms with Crippen LogP contribution < -0.4 is 5.32 Å². The molecule has 1 N–H and O–H groups in total. The zero-order valence-corrected chi connectivity index (χ0v) is 13.0. The Hall–Kier alpha value is -0.340. The molecule has 2 heteroatoms. The quantitative estimate of drug-likeness (QED) is 0.873. The third-order valence-electron chi connectivity index (χ3n) is 4.19. The second-order valence-corrected chi connectivity index (χ2v) is 6.88. The summed E-state index contributed by atoms with van der Waals surface area (Å²) in [6.45, 7) is 9.10. The first-order chi connectivity index (χ1) is 7.86. The van der Waals surface area contributed by atoms with Crippen molar-refractivity contribution in [1.29, 1.82) is 0 Å². The highest BCUT2D eigenvalue weighted by Crippen LogP contribution is 2.58. The Bertz CT molecular complexity index is 437. The van der Waals surface area contributed by atoms with Crippen molar-refractivity contribution in [3.8, 4) is 0 Å². The van der Waals surface area contributed by atoms with Gasteiger partial charge in [-0.2, -0.15) is 0 Å². The summed E-state index contributed by atoms with van der Waals surface area (Å²) >= 11 is 3.61. The lowest BCUT2D eigenvalue weighted by atomic mass is 9.92. The highest BCUT2D eigenvalue weighted by molar-refractivity contribution is 9.10. The third-order valence-corrected chi connectivity index (χ3v) is 5.04. The van der Waals surface area contributed by atoms with Gasteiger partial charge in [0.15, 0.2) is 0 Å². The van der Waals surface area contributed by atoms with Crippen LogP contribution in [-0.2, 0) is 0 Å². The van der Waals surface area contributed by atoms with Crippen LogP contribution in [0.4, 0.5) is 0 Å². The van der Waals surface area contributed by atoms with Crippen molar-refractivity contribution in [2.75, 3.05) is 7.05 Å². The minimum absolute atomic E-state index is 0.497. The van der Waals surface area contributed by atoms with Crippen molar-refractivity contribution >= 4 is 15.9 Å². The molecule has 1 aromatic carbocycles. The second kappa shape index (κ2) is 4.40. The van der Waals surface area contributed by atoms with Crippen molar-refractivity contribution in [1.82, 2.24) is 5.32 Å². The highest BCUT2D eigenvalue weighted by atomic mass is 79.9. The van der Waals surface area contributed by atoms with E-state index in [4.69, 9.17) is 0 Å². The molecule has 1 aliphatic carbocycles. The van der Waals surface area contributed by atoms with E-state index in [1.54, 1.807) is 0 Å². The SMILES string of the molecule is CNC(c1cc(C)c(Br)cc1C)C1CC1(C)C. The monoisotopic (exact) mass is 295 g/mol. The van der Waals surface area contributed by atoms with Crippen molar-refractivity contribution in [2.45, 2.75) is 40.2 Å². The number of rotatable bonds is 3. The standard InChI is InChI=1S/C15H22BrN/c1-9-7-13(16)10(2)6-11(9)14(17-5)12-8-15(12,3)4/h6-7,12,14,17H,8H2,1-5H3. The van der Waals surface area contributed by atoms with Gasteiger partial charge in [0.25, 0.3) is 0 Å². The van der Waals surface area contributed by atoms with E-state index in [0.29, 0.717) is 11.5 Å². The molecule has 1 aromatic rings. The van der Waals surface area contributed by atoms with Crippen LogP contribution in [0.3, 0.4) is 0 Å². The molecule has 1 saturated carbocycles. The third kappa shape index (κ3) is 2.43. The largest absolute Gasteiger partial charge is 0.313 e. The van der Waals surface area contributed by atoms with Crippen LogP contribution in [0.2, 0.25) is 0 Å². The molecule has 0 aliphatic heterocycles. The maximum atomic E-state index is 3.61. The highest BCUT2D eigenvalue weighted by Gasteiger charge is 2.50. The molecule has 0 radical (unpaired) electrons. The Morgan fingerprint density at radius 3 is 2.35 bits per heavy atom. The molecule has 0 saturated heterocycles. The first-order valence-corrected chi connectivity index (χ1v) is 7.10. The van der Waals surface area contributed by atoms with E-state index in [1.165, 1.54) is 27.6 Å². The smallest absolute Gasteiger partial charge is 0.0354 e. The molecule has 94 valence electrons. The summed E-state index contributed by atoms with van der Waals surface area (Å²) in [5.41, 5.74) is 4.67. The van der Waals surface area contributed by atoms with Crippen LogP contribution in [0, 0.1) is 25.2 Å². The molecule has 2 rings (SSSR count). The summed E-state index contributed by atoms with van der Waals surface area (Å²) in [6.07, 6.45) is 1.33. The lowest BCUT2D eigenvalue weighted by Gasteiger charge is -2.21. The van der Waals surface area contributed by atoms with Crippen LogP contribution in [0.5, 0.6) is 0 Å². The molecule has 1 nitrogen and oxygen atoms in total. The Labute approximate surface area is 113 Å². The zero-order chi connectivity index (χ0) is 12.8. The molecule has 2 atom stereocenters. The molecule has 0 aromatic heterocycles. The Morgan fingerprint density at radius 1 is 1.29 bits per heavy atom. The molecule has 17 heavy (non-hydrogen) atoms. The van der Waals surface area contributed by atoms with Crippen molar-refractivity contribution in [2.24, 2.45) is 11.3 Å². The van der Waals surface area contributed by atoms with Gasteiger partial charge in [-0.05, 0) is 61.4 Å². The molecule has 0 amide bonds. The van der Waals surface area contributed by atoms with Gasteiger partial charge < -0.3 is 5.32 Å². The fraction of sp³-hybridized carbons (Fsp3) is 0.600. The number of nitrogens with one attached hydrogen (secondary N) is 1. The second-order valence-electron chi connectivity index (χ2n) is 6.02. The van der Waals surface area contributed by atoms with Gasteiger partial charge in [-0.1, -0.05) is 35.8 Å². The summed E-state index contributed by atoms with van der Waals surface area (Å²) in [6, 6.07) is 5.07. The van der Waals surface area contributed by atoms with Gasteiger partial charge in [0, 0.05) is 10.5 Å². The molecule has 1 aliphatic rings. The Kier molecular flexibility index (Phi) is 3.39. The van der Waals surface area contributed by atoms with Crippen molar-refractivity contribution < 1.29 is 0 Å². The van der Waals surface area contributed by atoms with E-state index >= 15 is 0 Å². The molecule has 1 fully saturated rings. The van der Waals surface area contributed by atoms with E-state index in [9.17, 15) is 0 Å². The van der Waals surface area contributed by atoms with E-state index in [0.717, 1.165) is 5.92 Å². The van der Waals surface area contributed by atoms with Gasteiger partial charge in [-0.15, -0.1) is 0 Å². The minimum Gasteiger partial charge on any atom is -0.313 e. The summed E-state index contributed by atoms with van der Waals surface area (Å²) < 4.78 is 1.21. The average Bonchev–Trinajstić information content (AvgIpc) is 2.84. The van der Waals surface area contributed by atoms with Crippen LogP contribution in [0.15, 0.2) is 16.6 Å². The van der Waals surface area contributed by atoms with E-state index in [-0.39, 0.29) is 0 Å². The molecule has 0 spiro atoms. The number of benzene rings is 1. The van der Waals surface area contributed by atoms with Gasteiger partial charge in [-0.25, -0.2) is 0 Å². The number of hydrogen-bond acceptors (Lipinski definition) is 1. The van der Waals surface area contributed by atoms with E-state index in [2.05, 4.69) is 68.1 Å². The number of aryl methyl sites for hydroxylation is 2.